The average Bonchev–Trinajstić information content (AvgIpc) is 2.17. The third kappa shape index (κ3) is 3.04. The molecule has 1 aromatic rings. The third-order valence-electron chi connectivity index (χ3n) is 1.87. The van der Waals surface area contributed by atoms with Crippen molar-refractivity contribution in [3.8, 4) is 12.3 Å². The lowest BCUT2D eigenvalue weighted by molar-refractivity contribution is 0.857. The van der Waals surface area contributed by atoms with Crippen LogP contribution in [-0.4, -0.2) is 6.04 Å². The molecular formula is C11H11Br2N. The summed E-state index contributed by atoms with van der Waals surface area (Å²) in [6.07, 6.45) is 6.29. The van der Waals surface area contributed by atoms with Gasteiger partial charge in [-0.2, -0.15) is 0 Å². The van der Waals surface area contributed by atoms with Crippen molar-refractivity contribution >= 4 is 37.5 Å². The lowest BCUT2D eigenvalue weighted by atomic mass is 10.2. The minimum atomic E-state index is 0.0903. The van der Waals surface area contributed by atoms with Gasteiger partial charge in [-0.25, -0.2) is 0 Å². The lowest BCUT2D eigenvalue weighted by Crippen LogP contribution is -2.15. The van der Waals surface area contributed by atoms with E-state index in [1.807, 2.05) is 18.2 Å². The van der Waals surface area contributed by atoms with Crippen molar-refractivity contribution in [2.24, 2.45) is 0 Å². The van der Waals surface area contributed by atoms with Gasteiger partial charge in [0.1, 0.15) is 0 Å². The van der Waals surface area contributed by atoms with Gasteiger partial charge < -0.3 is 5.32 Å². The summed E-state index contributed by atoms with van der Waals surface area (Å²) in [5, 5.41) is 3.27. The summed E-state index contributed by atoms with van der Waals surface area (Å²) >= 11 is 6.87. The molecule has 0 bridgehead atoms. The van der Waals surface area contributed by atoms with Gasteiger partial charge in [0.05, 0.1) is 6.04 Å². The number of terminal acetylenes is 1. The highest BCUT2D eigenvalue weighted by atomic mass is 79.9. The number of hydrogen-bond donors (Lipinski definition) is 1. The van der Waals surface area contributed by atoms with Crippen LogP contribution in [-0.2, 0) is 0 Å². The number of halogens is 2. The smallest absolute Gasteiger partial charge is 0.0871 e. The Labute approximate surface area is 102 Å². The Morgan fingerprint density at radius 1 is 1.50 bits per heavy atom. The van der Waals surface area contributed by atoms with Gasteiger partial charge >= 0.3 is 0 Å². The second-order valence-electron chi connectivity index (χ2n) is 2.90. The highest BCUT2D eigenvalue weighted by Crippen LogP contribution is 2.26. The van der Waals surface area contributed by atoms with Gasteiger partial charge in [-0.1, -0.05) is 28.8 Å². The first-order chi connectivity index (χ1) is 6.67. The number of nitrogens with one attached hydrogen (secondary N) is 1. The molecule has 0 saturated carbocycles. The molecule has 0 aliphatic rings. The van der Waals surface area contributed by atoms with Gasteiger partial charge in [0.25, 0.3) is 0 Å². The summed E-state index contributed by atoms with van der Waals surface area (Å²) in [7, 11) is 0. The fourth-order valence-electron chi connectivity index (χ4n) is 1.06. The van der Waals surface area contributed by atoms with Crippen LogP contribution < -0.4 is 5.32 Å². The Morgan fingerprint density at radius 3 is 2.71 bits per heavy atom. The lowest BCUT2D eigenvalue weighted by Gasteiger charge is -2.13. The van der Waals surface area contributed by atoms with E-state index in [4.69, 9.17) is 6.42 Å². The van der Waals surface area contributed by atoms with Crippen LogP contribution in [0.15, 0.2) is 27.1 Å². The minimum absolute atomic E-state index is 0.0903. The zero-order valence-electron chi connectivity index (χ0n) is 7.85. The highest BCUT2D eigenvalue weighted by Gasteiger charge is 2.04. The topological polar surface area (TPSA) is 12.0 Å². The summed E-state index contributed by atoms with van der Waals surface area (Å²) in [5.74, 6) is 2.70. The maximum absolute atomic E-state index is 5.37. The molecule has 0 heterocycles. The SMILES string of the molecule is C#CC(CC)Nc1ccc(Br)cc1Br. The Bertz CT molecular complexity index is 355. The van der Waals surface area contributed by atoms with Crippen LogP contribution in [0.1, 0.15) is 13.3 Å². The van der Waals surface area contributed by atoms with Gasteiger partial charge in [-0.3, -0.25) is 0 Å². The van der Waals surface area contributed by atoms with Crippen LogP contribution in [0.5, 0.6) is 0 Å². The molecule has 1 atom stereocenters. The molecule has 1 unspecified atom stereocenters. The average molecular weight is 317 g/mol. The molecule has 0 aliphatic heterocycles. The second kappa shape index (κ2) is 5.43. The van der Waals surface area contributed by atoms with Gasteiger partial charge in [0.2, 0.25) is 0 Å². The van der Waals surface area contributed by atoms with E-state index < -0.39 is 0 Å². The second-order valence-corrected chi connectivity index (χ2v) is 4.67. The fourth-order valence-corrected chi connectivity index (χ4v) is 2.22. The van der Waals surface area contributed by atoms with E-state index in [2.05, 4.69) is 50.0 Å². The molecule has 0 aliphatic carbocycles. The number of anilines is 1. The number of hydrogen-bond acceptors (Lipinski definition) is 1. The maximum Gasteiger partial charge on any atom is 0.0871 e. The van der Waals surface area contributed by atoms with Crippen molar-refractivity contribution in [2.75, 3.05) is 5.32 Å². The van der Waals surface area contributed by atoms with Gasteiger partial charge in [-0.05, 0) is 40.5 Å². The van der Waals surface area contributed by atoms with E-state index in [-0.39, 0.29) is 6.04 Å². The summed E-state index contributed by atoms with van der Waals surface area (Å²) in [6.45, 7) is 2.06. The minimum Gasteiger partial charge on any atom is -0.371 e. The molecule has 3 heteroatoms. The van der Waals surface area contributed by atoms with E-state index in [9.17, 15) is 0 Å². The van der Waals surface area contributed by atoms with Crippen molar-refractivity contribution in [3.63, 3.8) is 0 Å². The van der Waals surface area contributed by atoms with E-state index in [1.54, 1.807) is 0 Å². The van der Waals surface area contributed by atoms with Gasteiger partial charge in [0.15, 0.2) is 0 Å². The summed E-state index contributed by atoms with van der Waals surface area (Å²) < 4.78 is 2.06. The molecular weight excluding hydrogens is 306 g/mol. The van der Waals surface area contributed by atoms with Crippen molar-refractivity contribution in [1.29, 1.82) is 0 Å². The molecule has 0 spiro atoms. The van der Waals surface area contributed by atoms with Gasteiger partial charge in [-0.15, -0.1) is 6.42 Å². The number of benzene rings is 1. The quantitative estimate of drug-likeness (QED) is 0.830. The monoisotopic (exact) mass is 315 g/mol. The Morgan fingerprint density at radius 2 is 2.21 bits per heavy atom. The molecule has 0 aromatic heterocycles. The van der Waals surface area contributed by atoms with E-state index in [0.29, 0.717) is 0 Å². The first-order valence-corrected chi connectivity index (χ1v) is 5.93. The Hall–Kier alpha value is -0.460. The highest BCUT2D eigenvalue weighted by molar-refractivity contribution is 9.11. The molecule has 0 amide bonds. The molecule has 14 heavy (non-hydrogen) atoms. The molecule has 1 aromatic carbocycles. The van der Waals surface area contributed by atoms with E-state index >= 15 is 0 Å². The standard InChI is InChI=1S/C11H11Br2N/c1-3-9(4-2)14-11-6-5-8(12)7-10(11)13/h1,5-7,9,14H,4H2,2H3. The predicted octanol–water partition coefficient (Wildman–Crippen LogP) is 4.04. The maximum atomic E-state index is 5.37. The van der Waals surface area contributed by atoms with Crippen LogP contribution in [0.2, 0.25) is 0 Å². The van der Waals surface area contributed by atoms with Crippen molar-refractivity contribution in [3.05, 3.63) is 27.1 Å². The van der Waals surface area contributed by atoms with Gasteiger partial charge in [0, 0.05) is 14.6 Å². The fraction of sp³-hybridized carbons (Fsp3) is 0.273. The largest absolute Gasteiger partial charge is 0.371 e. The molecule has 0 saturated heterocycles. The Kier molecular flexibility index (Phi) is 4.50. The first-order valence-electron chi connectivity index (χ1n) is 4.35. The van der Waals surface area contributed by atoms with Crippen LogP contribution >= 0.6 is 31.9 Å². The zero-order chi connectivity index (χ0) is 10.6. The molecule has 0 radical (unpaired) electrons. The molecule has 74 valence electrons. The summed E-state index contributed by atoms with van der Waals surface area (Å²) in [5.41, 5.74) is 1.03. The van der Waals surface area contributed by atoms with Crippen molar-refractivity contribution in [1.82, 2.24) is 0 Å². The molecule has 1 rings (SSSR count). The van der Waals surface area contributed by atoms with E-state index in [0.717, 1.165) is 21.1 Å². The van der Waals surface area contributed by atoms with Crippen LogP contribution in [0.4, 0.5) is 5.69 Å². The van der Waals surface area contributed by atoms with Crippen LogP contribution in [0, 0.1) is 12.3 Å². The summed E-state index contributed by atoms with van der Waals surface area (Å²) in [6, 6.07) is 6.06. The van der Waals surface area contributed by atoms with Crippen LogP contribution in [0.3, 0.4) is 0 Å². The molecule has 1 N–H and O–H groups in total. The zero-order valence-corrected chi connectivity index (χ0v) is 11.0. The third-order valence-corrected chi connectivity index (χ3v) is 3.02. The first kappa shape index (κ1) is 11.6. The van der Waals surface area contributed by atoms with Crippen molar-refractivity contribution in [2.45, 2.75) is 19.4 Å². The van der Waals surface area contributed by atoms with E-state index in [1.165, 1.54) is 0 Å². The molecule has 1 nitrogen and oxygen atoms in total. The predicted molar refractivity (Wildman–Crippen MR) is 68.4 cm³/mol. The summed E-state index contributed by atoms with van der Waals surface area (Å²) in [4.78, 5) is 0. The Balaban J connectivity index is 2.82. The normalized spacial score (nSPS) is 11.9. The van der Waals surface area contributed by atoms with Crippen LogP contribution in [0.25, 0.3) is 0 Å². The molecule has 0 fully saturated rings. The number of rotatable bonds is 3. The van der Waals surface area contributed by atoms with Crippen molar-refractivity contribution < 1.29 is 0 Å².